The van der Waals surface area contributed by atoms with Gasteiger partial charge in [-0.05, 0) is 32.6 Å². The van der Waals surface area contributed by atoms with Gasteiger partial charge in [0, 0.05) is 25.5 Å². The van der Waals surface area contributed by atoms with Crippen LogP contribution in [0.15, 0.2) is 24.5 Å². The van der Waals surface area contributed by atoms with E-state index >= 15 is 0 Å². The molecule has 0 aromatic carbocycles. The first-order valence-corrected chi connectivity index (χ1v) is 7.05. The zero-order valence-corrected chi connectivity index (χ0v) is 12.5. The summed E-state index contributed by atoms with van der Waals surface area (Å²) in [4.78, 5) is 20.5. The average Bonchev–Trinajstić information content (AvgIpc) is 3.00. The standard InChI is InChI=1S/C15H20N4O2/c1-10-4-5-14-16-11(7-18(14)6-10)15(21)19-8-12(17(2)3)13(20)9-19/h4-7,12-13,20H,8-9H2,1-3H3/t12-,13-/m1/s1. The Morgan fingerprint density at radius 1 is 1.33 bits per heavy atom. The minimum absolute atomic E-state index is 0.0202. The molecule has 0 radical (unpaired) electrons. The highest BCUT2D eigenvalue weighted by atomic mass is 16.3. The molecule has 0 bridgehead atoms. The number of likely N-dealkylation sites (tertiary alicyclic amines) is 1. The summed E-state index contributed by atoms with van der Waals surface area (Å²) in [6.45, 7) is 2.88. The Morgan fingerprint density at radius 3 is 2.76 bits per heavy atom. The maximum absolute atomic E-state index is 12.5. The third kappa shape index (κ3) is 2.52. The summed E-state index contributed by atoms with van der Waals surface area (Å²) >= 11 is 0. The van der Waals surface area contributed by atoms with Gasteiger partial charge in [0.05, 0.1) is 12.1 Å². The fourth-order valence-electron chi connectivity index (χ4n) is 2.81. The molecule has 1 fully saturated rings. The van der Waals surface area contributed by atoms with Crippen LogP contribution < -0.4 is 0 Å². The second kappa shape index (κ2) is 5.13. The number of hydrogen-bond acceptors (Lipinski definition) is 4. The molecular formula is C15H20N4O2. The molecule has 3 heterocycles. The zero-order valence-electron chi connectivity index (χ0n) is 12.5. The topological polar surface area (TPSA) is 61.1 Å². The third-order valence-electron chi connectivity index (χ3n) is 4.03. The molecule has 1 saturated heterocycles. The predicted molar refractivity (Wildman–Crippen MR) is 79.3 cm³/mol. The van der Waals surface area contributed by atoms with Crippen LogP contribution in [0.25, 0.3) is 5.65 Å². The summed E-state index contributed by atoms with van der Waals surface area (Å²) < 4.78 is 1.86. The van der Waals surface area contributed by atoms with Crippen molar-refractivity contribution in [1.29, 1.82) is 0 Å². The SMILES string of the molecule is Cc1ccc2nc(C(=O)N3C[C@@H](O)[C@H](N(C)C)C3)cn2c1. The predicted octanol–water partition coefficient (Wildman–Crippen LogP) is 0.390. The molecule has 0 aliphatic carbocycles. The molecule has 0 saturated carbocycles. The Hall–Kier alpha value is -1.92. The Kier molecular flexibility index (Phi) is 3.43. The van der Waals surface area contributed by atoms with Gasteiger partial charge in [-0.25, -0.2) is 4.98 Å². The third-order valence-corrected chi connectivity index (χ3v) is 4.03. The lowest BCUT2D eigenvalue weighted by atomic mass is 10.2. The molecule has 21 heavy (non-hydrogen) atoms. The van der Waals surface area contributed by atoms with Gasteiger partial charge >= 0.3 is 0 Å². The number of fused-ring (bicyclic) bond motifs is 1. The average molecular weight is 288 g/mol. The smallest absolute Gasteiger partial charge is 0.274 e. The number of imidazole rings is 1. The van der Waals surface area contributed by atoms with Gasteiger partial charge in [-0.3, -0.25) is 4.79 Å². The van der Waals surface area contributed by atoms with Crippen LogP contribution in [0.1, 0.15) is 16.1 Å². The van der Waals surface area contributed by atoms with Gasteiger partial charge in [0.1, 0.15) is 11.3 Å². The van der Waals surface area contributed by atoms with Gasteiger partial charge in [0.2, 0.25) is 0 Å². The van der Waals surface area contributed by atoms with Crippen molar-refractivity contribution in [2.45, 2.75) is 19.1 Å². The van der Waals surface area contributed by atoms with E-state index in [2.05, 4.69) is 4.98 Å². The Bertz CT molecular complexity index is 679. The van der Waals surface area contributed by atoms with E-state index in [-0.39, 0.29) is 11.9 Å². The van der Waals surface area contributed by atoms with Crippen LogP contribution in [0.3, 0.4) is 0 Å². The molecule has 1 N–H and O–H groups in total. The van der Waals surface area contributed by atoms with Gasteiger partial charge in [0.25, 0.3) is 5.91 Å². The zero-order chi connectivity index (χ0) is 15.1. The number of rotatable bonds is 2. The lowest BCUT2D eigenvalue weighted by Crippen LogP contribution is -2.38. The van der Waals surface area contributed by atoms with Crippen molar-refractivity contribution in [3.05, 3.63) is 35.8 Å². The number of likely N-dealkylation sites (N-methyl/N-ethyl adjacent to an activating group) is 1. The van der Waals surface area contributed by atoms with E-state index in [9.17, 15) is 9.90 Å². The number of carbonyl (C=O) groups excluding carboxylic acids is 1. The summed E-state index contributed by atoms with van der Waals surface area (Å²) in [5.74, 6) is -0.125. The molecule has 0 unspecified atom stereocenters. The van der Waals surface area contributed by atoms with Gasteiger partial charge < -0.3 is 19.3 Å². The highest BCUT2D eigenvalue weighted by molar-refractivity contribution is 5.93. The Morgan fingerprint density at radius 2 is 2.10 bits per heavy atom. The van der Waals surface area contributed by atoms with Gasteiger partial charge in [-0.2, -0.15) is 0 Å². The van der Waals surface area contributed by atoms with Crippen LogP contribution in [-0.4, -0.2) is 69.5 Å². The monoisotopic (exact) mass is 288 g/mol. The summed E-state index contributed by atoms with van der Waals surface area (Å²) in [5.41, 5.74) is 2.29. The van der Waals surface area contributed by atoms with E-state index in [1.807, 2.05) is 48.6 Å². The van der Waals surface area contributed by atoms with Gasteiger partial charge in [0.15, 0.2) is 0 Å². The van der Waals surface area contributed by atoms with Crippen molar-refractivity contribution in [2.75, 3.05) is 27.2 Å². The van der Waals surface area contributed by atoms with Crippen molar-refractivity contribution < 1.29 is 9.90 Å². The number of carbonyl (C=O) groups is 1. The Balaban J connectivity index is 1.84. The summed E-state index contributed by atoms with van der Waals surface area (Å²) in [5, 5.41) is 10.0. The van der Waals surface area contributed by atoms with E-state index in [1.165, 1.54) is 0 Å². The molecule has 1 aliphatic heterocycles. The van der Waals surface area contributed by atoms with E-state index in [0.717, 1.165) is 11.2 Å². The first-order valence-electron chi connectivity index (χ1n) is 7.05. The van der Waals surface area contributed by atoms with Crippen molar-refractivity contribution in [2.24, 2.45) is 0 Å². The molecule has 112 valence electrons. The first-order chi connectivity index (χ1) is 9.95. The molecule has 1 aliphatic rings. The number of β-amino-alcohol motifs (C(OH)–C–C–N with tert-alkyl or cyclic N) is 1. The maximum Gasteiger partial charge on any atom is 0.274 e. The quantitative estimate of drug-likeness (QED) is 0.868. The number of aromatic nitrogens is 2. The second-order valence-corrected chi connectivity index (χ2v) is 5.91. The van der Waals surface area contributed by atoms with Crippen LogP contribution in [0.5, 0.6) is 0 Å². The fourth-order valence-corrected chi connectivity index (χ4v) is 2.81. The van der Waals surface area contributed by atoms with Crippen LogP contribution in [0, 0.1) is 6.92 Å². The van der Waals surface area contributed by atoms with Crippen molar-refractivity contribution in [3.8, 4) is 0 Å². The van der Waals surface area contributed by atoms with Crippen molar-refractivity contribution in [3.63, 3.8) is 0 Å². The molecule has 6 nitrogen and oxygen atoms in total. The lowest BCUT2D eigenvalue weighted by molar-refractivity contribution is 0.0759. The molecule has 1 amide bonds. The maximum atomic E-state index is 12.5. The molecule has 0 spiro atoms. The van der Waals surface area contributed by atoms with Crippen LogP contribution in [0.4, 0.5) is 0 Å². The number of aryl methyl sites for hydroxylation is 1. The van der Waals surface area contributed by atoms with Gasteiger partial charge in [-0.1, -0.05) is 6.07 Å². The number of nitrogens with zero attached hydrogens (tertiary/aromatic N) is 4. The summed E-state index contributed by atoms with van der Waals surface area (Å²) in [7, 11) is 3.82. The Labute approximate surface area is 123 Å². The van der Waals surface area contributed by atoms with Crippen LogP contribution >= 0.6 is 0 Å². The summed E-state index contributed by atoms with van der Waals surface area (Å²) in [6, 6.07) is 3.85. The minimum atomic E-state index is -0.511. The second-order valence-electron chi connectivity index (χ2n) is 5.91. The van der Waals surface area contributed by atoms with Crippen molar-refractivity contribution >= 4 is 11.6 Å². The number of pyridine rings is 1. The molecule has 2 aromatic heterocycles. The number of aliphatic hydroxyl groups is 1. The number of amides is 1. The molecule has 2 atom stereocenters. The molecular weight excluding hydrogens is 268 g/mol. The normalized spacial score (nSPS) is 22.4. The van der Waals surface area contributed by atoms with E-state index in [4.69, 9.17) is 0 Å². The number of hydrogen-bond donors (Lipinski definition) is 1. The lowest BCUT2D eigenvalue weighted by Gasteiger charge is -2.21. The number of aliphatic hydroxyl groups excluding tert-OH is 1. The fraction of sp³-hybridized carbons (Fsp3) is 0.467. The largest absolute Gasteiger partial charge is 0.390 e. The highest BCUT2D eigenvalue weighted by Gasteiger charge is 2.36. The van der Waals surface area contributed by atoms with Crippen molar-refractivity contribution in [1.82, 2.24) is 19.2 Å². The van der Waals surface area contributed by atoms with E-state index < -0.39 is 6.10 Å². The minimum Gasteiger partial charge on any atom is -0.390 e. The molecule has 6 heteroatoms. The first kappa shape index (κ1) is 14.0. The molecule has 2 aromatic rings. The molecule has 3 rings (SSSR count). The van der Waals surface area contributed by atoms with Crippen LogP contribution in [-0.2, 0) is 0 Å². The van der Waals surface area contributed by atoms with E-state index in [0.29, 0.717) is 18.8 Å². The van der Waals surface area contributed by atoms with Gasteiger partial charge in [-0.15, -0.1) is 0 Å². The highest BCUT2D eigenvalue weighted by Crippen LogP contribution is 2.17. The summed E-state index contributed by atoms with van der Waals surface area (Å²) in [6.07, 6.45) is 3.18. The van der Waals surface area contributed by atoms with E-state index in [1.54, 1.807) is 11.1 Å². The van der Waals surface area contributed by atoms with Crippen LogP contribution in [0.2, 0.25) is 0 Å².